The number of Topliss-reactive ketones (excluding diaryl/α,β-unsaturated/α-hetero) is 1. The first kappa shape index (κ1) is 16.3. The Hall–Kier alpha value is -2.20. The second-order valence-corrected chi connectivity index (χ2v) is 7.09. The lowest BCUT2D eigenvalue weighted by atomic mass is 9.91. The minimum absolute atomic E-state index is 0.0140. The van der Waals surface area contributed by atoms with Crippen LogP contribution in [-0.4, -0.2) is 34.8 Å². The summed E-state index contributed by atoms with van der Waals surface area (Å²) in [6, 6.07) is 10.7. The van der Waals surface area contributed by atoms with Gasteiger partial charge in [-0.2, -0.15) is 0 Å². The number of fused-ring (bicyclic) bond motifs is 1. The van der Waals surface area contributed by atoms with Gasteiger partial charge in [-0.3, -0.25) is 9.69 Å². The van der Waals surface area contributed by atoms with Crippen LogP contribution in [0.4, 0.5) is 0 Å². The maximum absolute atomic E-state index is 11.3. The van der Waals surface area contributed by atoms with E-state index in [9.17, 15) is 4.79 Å². The third kappa shape index (κ3) is 3.59. The first-order valence-electron chi connectivity index (χ1n) is 9.20. The normalized spacial score (nSPS) is 18.1. The molecule has 2 aliphatic rings. The minimum atomic E-state index is 0.0140. The summed E-state index contributed by atoms with van der Waals surface area (Å²) in [5.74, 6) is 1.36. The van der Waals surface area contributed by atoms with Crippen molar-refractivity contribution >= 4 is 5.78 Å². The van der Waals surface area contributed by atoms with E-state index in [1.807, 2.05) is 6.07 Å². The number of pyridine rings is 1. The molecule has 4 heteroatoms. The van der Waals surface area contributed by atoms with Crippen LogP contribution in [0.1, 0.15) is 47.7 Å². The van der Waals surface area contributed by atoms with Crippen LogP contribution in [0.25, 0.3) is 0 Å². The number of aromatic nitrogens is 1. The van der Waals surface area contributed by atoms with Crippen molar-refractivity contribution in [3.63, 3.8) is 0 Å². The molecule has 4 nitrogen and oxygen atoms in total. The first-order valence-corrected chi connectivity index (χ1v) is 9.20. The molecule has 1 aromatic heterocycles. The molecule has 0 saturated heterocycles. The Kier molecular flexibility index (Phi) is 4.53. The van der Waals surface area contributed by atoms with Gasteiger partial charge in [0.15, 0.2) is 5.78 Å². The minimum Gasteiger partial charge on any atom is -0.439 e. The number of ketones is 1. The predicted octanol–water partition coefficient (Wildman–Crippen LogP) is 4.03. The van der Waals surface area contributed by atoms with E-state index in [1.54, 1.807) is 18.3 Å². The molecule has 0 bridgehead atoms. The number of nitrogens with zero attached hydrogens (tertiary/aromatic N) is 2. The van der Waals surface area contributed by atoms with E-state index in [-0.39, 0.29) is 5.78 Å². The molecule has 0 atom stereocenters. The van der Waals surface area contributed by atoms with Gasteiger partial charge in [0.2, 0.25) is 5.88 Å². The molecule has 130 valence electrons. The van der Waals surface area contributed by atoms with Crippen LogP contribution in [0.3, 0.4) is 0 Å². The average molecular weight is 336 g/mol. The number of carbonyl (C=O) groups is 1. The number of rotatable bonds is 4. The Labute approximate surface area is 148 Å². The highest BCUT2D eigenvalue weighted by Crippen LogP contribution is 2.29. The van der Waals surface area contributed by atoms with E-state index < -0.39 is 0 Å². The van der Waals surface area contributed by atoms with Crippen molar-refractivity contribution in [2.75, 3.05) is 13.1 Å². The summed E-state index contributed by atoms with van der Waals surface area (Å²) < 4.78 is 5.89. The molecule has 1 aliphatic heterocycles. The number of benzene rings is 1. The second-order valence-electron chi connectivity index (χ2n) is 7.09. The van der Waals surface area contributed by atoms with Crippen molar-refractivity contribution in [1.82, 2.24) is 9.88 Å². The van der Waals surface area contributed by atoms with Crippen LogP contribution in [0.2, 0.25) is 0 Å². The quantitative estimate of drug-likeness (QED) is 0.791. The monoisotopic (exact) mass is 336 g/mol. The average Bonchev–Trinajstić information content (AvgIpc) is 2.77. The summed E-state index contributed by atoms with van der Waals surface area (Å²) in [5, 5.41) is 0. The number of hydrogen-bond acceptors (Lipinski definition) is 4. The van der Waals surface area contributed by atoms with Crippen LogP contribution in [0.5, 0.6) is 11.6 Å². The van der Waals surface area contributed by atoms with E-state index >= 15 is 0 Å². The van der Waals surface area contributed by atoms with Crippen molar-refractivity contribution < 1.29 is 9.53 Å². The zero-order chi connectivity index (χ0) is 17.2. The van der Waals surface area contributed by atoms with E-state index in [4.69, 9.17) is 4.74 Å². The van der Waals surface area contributed by atoms with Crippen molar-refractivity contribution in [3.8, 4) is 11.6 Å². The van der Waals surface area contributed by atoms with Crippen LogP contribution < -0.4 is 4.74 Å². The summed E-state index contributed by atoms with van der Waals surface area (Å²) in [6.45, 7) is 3.86. The smallest absolute Gasteiger partial charge is 0.219 e. The van der Waals surface area contributed by atoms with E-state index in [0.717, 1.165) is 31.2 Å². The zero-order valence-corrected chi connectivity index (χ0v) is 14.7. The van der Waals surface area contributed by atoms with Gasteiger partial charge in [0, 0.05) is 37.0 Å². The number of carbonyl (C=O) groups excluding carboxylic acids is 1. The summed E-state index contributed by atoms with van der Waals surface area (Å²) in [6.07, 6.45) is 7.90. The largest absolute Gasteiger partial charge is 0.439 e. The standard InChI is InChI=1S/C21H24N2O2/c1-15(24)18-6-8-21(22-14-18)25-20-7-5-16-9-11-23(19-3-2-4-19)12-10-17(16)13-20/h5-8,13-14,19H,2-4,9-12H2,1H3. The Bertz CT molecular complexity index is 766. The van der Waals surface area contributed by atoms with Crippen LogP contribution in [0.15, 0.2) is 36.5 Å². The Morgan fingerprint density at radius 1 is 1.12 bits per heavy atom. The maximum Gasteiger partial charge on any atom is 0.219 e. The maximum atomic E-state index is 11.3. The van der Waals surface area contributed by atoms with Crippen molar-refractivity contribution in [2.45, 2.75) is 45.1 Å². The molecule has 0 amide bonds. The van der Waals surface area contributed by atoms with Crippen molar-refractivity contribution in [2.24, 2.45) is 0 Å². The fraction of sp³-hybridized carbons (Fsp3) is 0.429. The van der Waals surface area contributed by atoms with Gasteiger partial charge in [-0.15, -0.1) is 0 Å². The van der Waals surface area contributed by atoms with Gasteiger partial charge in [-0.05, 0) is 61.9 Å². The summed E-state index contributed by atoms with van der Waals surface area (Å²) in [7, 11) is 0. The second kappa shape index (κ2) is 6.96. The van der Waals surface area contributed by atoms with Gasteiger partial charge < -0.3 is 4.74 Å². The molecular formula is C21H24N2O2. The number of ether oxygens (including phenoxy) is 1. The molecule has 1 aliphatic carbocycles. The predicted molar refractivity (Wildman–Crippen MR) is 97.4 cm³/mol. The molecule has 25 heavy (non-hydrogen) atoms. The molecule has 1 saturated carbocycles. The van der Waals surface area contributed by atoms with E-state index in [2.05, 4.69) is 22.0 Å². The highest BCUT2D eigenvalue weighted by atomic mass is 16.5. The molecule has 1 fully saturated rings. The molecule has 1 aromatic carbocycles. The molecular weight excluding hydrogens is 312 g/mol. The van der Waals surface area contributed by atoms with Crippen LogP contribution >= 0.6 is 0 Å². The molecule has 0 unspecified atom stereocenters. The summed E-state index contributed by atoms with van der Waals surface area (Å²) in [4.78, 5) is 18.2. The number of hydrogen-bond donors (Lipinski definition) is 0. The molecule has 2 heterocycles. The highest BCUT2D eigenvalue weighted by molar-refractivity contribution is 5.93. The third-order valence-corrected chi connectivity index (χ3v) is 5.47. The Morgan fingerprint density at radius 2 is 1.92 bits per heavy atom. The van der Waals surface area contributed by atoms with Gasteiger partial charge in [-0.25, -0.2) is 4.98 Å². The van der Waals surface area contributed by atoms with E-state index in [0.29, 0.717) is 11.4 Å². The van der Waals surface area contributed by atoms with Gasteiger partial charge in [0.1, 0.15) is 5.75 Å². The highest BCUT2D eigenvalue weighted by Gasteiger charge is 2.26. The third-order valence-electron chi connectivity index (χ3n) is 5.47. The SMILES string of the molecule is CC(=O)c1ccc(Oc2ccc3c(c2)CCN(C2CCC2)CC3)nc1. The lowest BCUT2D eigenvalue weighted by Gasteiger charge is -2.36. The molecule has 0 spiro atoms. The lowest BCUT2D eigenvalue weighted by molar-refractivity contribution is 0.101. The Balaban J connectivity index is 1.46. The van der Waals surface area contributed by atoms with E-state index in [1.165, 1.54) is 43.9 Å². The van der Waals surface area contributed by atoms with Crippen molar-refractivity contribution in [1.29, 1.82) is 0 Å². The lowest BCUT2D eigenvalue weighted by Crippen LogP contribution is -2.41. The van der Waals surface area contributed by atoms with Gasteiger partial charge in [0.05, 0.1) is 0 Å². The van der Waals surface area contributed by atoms with Crippen LogP contribution in [0, 0.1) is 0 Å². The van der Waals surface area contributed by atoms with Gasteiger partial charge in [0.25, 0.3) is 0 Å². The zero-order valence-electron chi connectivity index (χ0n) is 14.7. The molecule has 0 N–H and O–H groups in total. The summed E-state index contributed by atoms with van der Waals surface area (Å²) in [5.41, 5.74) is 3.43. The molecule has 4 rings (SSSR count). The Morgan fingerprint density at radius 3 is 2.56 bits per heavy atom. The van der Waals surface area contributed by atoms with Gasteiger partial charge in [-0.1, -0.05) is 12.5 Å². The fourth-order valence-corrected chi connectivity index (χ4v) is 3.67. The fourth-order valence-electron chi connectivity index (χ4n) is 3.67. The van der Waals surface area contributed by atoms with Crippen LogP contribution in [-0.2, 0) is 12.8 Å². The topological polar surface area (TPSA) is 42.4 Å². The summed E-state index contributed by atoms with van der Waals surface area (Å²) >= 11 is 0. The van der Waals surface area contributed by atoms with Gasteiger partial charge >= 0.3 is 0 Å². The molecule has 2 aromatic rings. The molecule has 0 radical (unpaired) electrons. The first-order chi connectivity index (χ1) is 12.2. The van der Waals surface area contributed by atoms with Crippen molar-refractivity contribution in [3.05, 3.63) is 53.2 Å².